The van der Waals surface area contributed by atoms with Crippen molar-refractivity contribution in [3.05, 3.63) is 28.8 Å². The van der Waals surface area contributed by atoms with E-state index in [1.54, 1.807) is 22.5 Å². The molecule has 0 aliphatic carbocycles. The molecule has 0 saturated carbocycles. The smallest absolute Gasteiger partial charge is 0.207 e. The fourth-order valence-electron chi connectivity index (χ4n) is 2.73. The van der Waals surface area contributed by atoms with Crippen LogP contribution in [-0.4, -0.2) is 25.8 Å². The molecule has 0 amide bonds. The van der Waals surface area contributed by atoms with Gasteiger partial charge in [-0.2, -0.15) is 4.31 Å². The SMILES string of the molecule is Cc1cc(S(=O)(=O)N2C[C@H](C)C[C@@H](C)C2)ccc1Cl. The average molecular weight is 302 g/mol. The van der Waals surface area contributed by atoms with Crippen molar-refractivity contribution < 1.29 is 8.42 Å². The minimum Gasteiger partial charge on any atom is -0.207 e. The summed E-state index contributed by atoms with van der Waals surface area (Å²) in [5.74, 6) is 0.818. The highest BCUT2D eigenvalue weighted by atomic mass is 35.5. The van der Waals surface area contributed by atoms with E-state index in [0.717, 1.165) is 12.0 Å². The van der Waals surface area contributed by atoms with Gasteiger partial charge in [-0.05, 0) is 48.9 Å². The molecule has 1 aromatic rings. The van der Waals surface area contributed by atoms with Gasteiger partial charge in [0.15, 0.2) is 0 Å². The van der Waals surface area contributed by atoms with Gasteiger partial charge in [0.25, 0.3) is 0 Å². The van der Waals surface area contributed by atoms with Crippen LogP contribution in [0, 0.1) is 18.8 Å². The van der Waals surface area contributed by atoms with Gasteiger partial charge in [0.05, 0.1) is 4.90 Å². The quantitative estimate of drug-likeness (QED) is 0.840. The van der Waals surface area contributed by atoms with E-state index in [2.05, 4.69) is 13.8 Å². The number of hydrogen-bond acceptors (Lipinski definition) is 2. The van der Waals surface area contributed by atoms with Gasteiger partial charge in [0.2, 0.25) is 10.0 Å². The summed E-state index contributed by atoms with van der Waals surface area (Å²) in [6, 6.07) is 4.90. The lowest BCUT2D eigenvalue weighted by Crippen LogP contribution is -2.42. The topological polar surface area (TPSA) is 37.4 Å². The Bertz CT molecular complexity index is 561. The summed E-state index contributed by atoms with van der Waals surface area (Å²) < 4.78 is 26.9. The molecule has 1 saturated heterocycles. The molecule has 1 heterocycles. The van der Waals surface area contributed by atoms with E-state index in [0.29, 0.717) is 34.8 Å². The third kappa shape index (κ3) is 3.12. The molecule has 0 N–H and O–H groups in total. The number of sulfonamides is 1. The fourth-order valence-corrected chi connectivity index (χ4v) is 4.61. The number of piperidine rings is 1. The Morgan fingerprint density at radius 1 is 1.21 bits per heavy atom. The first-order chi connectivity index (χ1) is 8.80. The predicted octanol–water partition coefficient (Wildman–Crippen LogP) is 3.32. The molecule has 2 atom stereocenters. The molecule has 0 spiro atoms. The van der Waals surface area contributed by atoms with Crippen LogP contribution in [-0.2, 0) is 10.0 Å². The standard InChI is InChI=1S/C14H20ClNO2S/c1-10-6-11(2)9-16(8-10)19(17,18)13-4-5-14(15)12(3)7-13/h4-5,7,10-11H,6,8-9H2,1-3H3/t10-,11-/m1/s1. The molecule has 0 radical (unpaired) electrons. The maximum atomic E-state index is 12.6. The van der Waals surface area contributed by atoms with Gasteiger partial charge in [-0.1, -0.05) is 25.4 Å². The Balaban J connectivity index is 2.33. The molecule has 0 aromatic heterocycles. The van der Waals surface area contributed by atoms with Crippen LogP contribution < -0.4 is 0 Å². The minimum absolute atomic E-state index is 0.343. The summed E-state index contributed by atoms with van der Waals surface area (Å²) in [6.45, 7) is 7.24. The lowest BCUT2D eigenvalue weighted by molar-refractivity contribution is 0.222. The normalized spacial score (nSPS) is 25.5. The Labute approximate surface area is 120 Å². The second-order valence-electron chi connectivity index (χ2n) is 5.68. The number of rotatable bonds is 2. The lowest BCUT2D eigenvalue weighted by atomic mass is 9.94. The van der Waals surface area contributed by atoms with Gasteiger partial charge < -0.3 is 0 Å². The maximum absolute atomic E-state index is 12.6. The molecule has 1 aliphatic rings. The van der Waals surface area contributed by atoms with Crippen molar-refractivity contribution in [1.82, 2.24) is 4.31 Å². The summed E-state index contributed by atoms with van der Waals surface area (Å²) in [4.78, 5) is 0.343. The summed E-state index contributed by atoms with van der Waals surface area (Å²) in [5, 5.41) is 0.597. The second kappa shape index (κ2) is 5.43. The molecular weight excluding hydrogens is 282 g/mol. The van der Waals surface area contributed by atoms with Crippen LogP contribution >= 0.6 is 11.6 Å². The van der Waals surface area contributed by atoms with Crippen molar-refractivity contribution in [1.29, 1.82) is 0 Å². The van der Waals surface area contributed by atoms with Crippen LogP contribution in [0.4, 0.5) is 0 Å². The zero-order valence-corrected chi connectivity index (χ0v) is 13.1. The molecule has 1 aliphatic heterocycles. The molecule has 1 aromatic carbocycles. The van der Waals surface area contributed by atoms with Gasteiger partial charge in [-0.3, -0.25) is 0 Å². The largest absolute Gasteiger partial charge is 0.243 e. The predicted molar refractivity (Wildman–Crippen MR) is 77.9 cm³/mol. The molecule has 3 nitrogen and oxygen atoms in total. The summed E-state index contributed by atoms with van der Waals surface area (Å²) in [5.41, 5.74) is 0.792. The molecular formula is C14H20ClNO2S. The van der Waals surface area contributed by atoms with Gasteiger partial charge in [-0.15, -0.1) is 0 Å². The van der Waals surface area contributed by atoms with Crippen molar-refractivity contribution in [3.8, 4) is 0 Å². The van der Waals surface area contributed by atoms with E-state index in [1.807, 2.05) is 6.92 Å². The van der Waals surface area contributed by atoms with E-state index in [4.69, 9.17) is 11.6 Å². The van der Waals surface area contributed by atoms with E-state index in [9.17, 15) is 8.42 Å². The molecule has 19 heavy (non-hydrogen) atoms. The Hall–Kier alpha value is -0.580. The Kier molecular flexibility index (Phi) is 4.23. The van der Waals surface area contributed by atoms with Crippen LogP contribution in [0.25, 0.3) is 0 Å². The highest BCUT2D eigenvalue weighted by molar-refractivity contribution is 7.89. The van der Waals surface area contributed by atoms with Gasteiger partial charge in [0, 0.05) is 18.1 Å². The number of hydrogen-bond donors (Lipinski definition) is 0. The lowest BCUT2D eigenvalue weighted by Gasteiger charge is -2.34. The van der Waals surface area contributed by atoms with Gasteiger partial charge in [-0.25, -0.2) is 8.42 Å². The number of aryl methyl sites for hydroxylation is 1. The molecule has 5 heteroatoms. The molecule has 2 rings (SSSR count). The summed E-state index contributed by atoms with van der Waals surface area (Å²) in [7, 11) is -3.39. The van der Waals surface area contributed by atoms with E-state index in [1.165, 1.54) is 0 Å². The van der Waals surface area contributed by atoms with Crippen LogP contribution in [0.5, 0.6) is 0 Å². The maximum Gasteiger partial charge on any atom is 0.243 e. The first-order valence-corrected chi connectivity index (χ1v) is 8.39. The molecule has 106 valence electrons. The zero-order chi connectivity index (χ0) is 14.2. The third-order valence-electron chi connectivity index (χ3n) is 3.60. The van der Waals surface area contributed by atoms with Crippen LogP contribution in [0.3, 0.4) is 0 Å². The first-order valence-electron chi connectivity index (χ1n) is 6.57. The molecule has 1 fully saturated rings. The average Bonchev–Trinajstić information content (AvgIpc) is 2.31. The first kappa shape index (κ1) is 14.8. The highest BCUT2D eigenvalue weighted by Crippen LogP contribution is 2.28. The highest BCUT2D eigenvalue weighted by Gasteiger charge is 2.31. The second-order valence-corrected chi connectivity index (χ2v) is 8.02. The minimum atomic E-state index is -3.39. The van der Waals surface area contributed by atoms with Crippen LogP contribution in [0.2, 0.25) is 5.02 Å². The summed E-state index contributed by atoms with van der Waals surface area (Å²) in [6.07, 6.45) is 1.09. The fraction of sp³-hybridized carbons (Fsp3) is 0.571. The van der Waals surface area contributed by atoms with Crippen molar-refractivity contribution in [2.24, 2.45) is 11.8 Å². The van der Waals surface area contributed by atoms with Crippen molar-refractivity contribution >= 4 is 21.6 Å². The monoisotopic (exact) mass is 301 g/mol. The van der Waals surface area contributed by atoms with E-state index in [-0.39, 0.29) is 0 Å². The Morgan fingerprint density at radius 3 is 2.32 bits per heavy atom. The van der Waals surface area contributed by atoms with Crippen molar-refractivity contribution in [3.63, 3.8) is 0 Å². The summed E-state index contributed by atoms with van der Waals surface area (Å²) >= 11 is 5.95. The molecule has 0 unspecified atom stereocenters. The van der Waals surface area contributed by atoms with Crippen molar-refractivity contribution in [2.75, 3.05) is 13.1 Å². The van der Waals surface area contributed by atoms with E-state index >= 15 is 0 Å². The molecule has 0 bridgehead atoms. The number of benzene rings is 1. The van der Waals surface area contributed by atoms with Gasteiger partial charge >= 0.3 is 0 Å². The number of halogens is 1. The van der Waals surface area contributed by atoms with Gasteiger partial charge in [0.1, 0.15) is 0 Å². The van der Waals surface area contributed by atoms with Crippen molar-refractivity contribution in [2.45, 2.75) is 32.1 Å². The number of nitrogens with zero attached hydrogens (tertiary/aromatic N) is 1. The Morgan fingerprint density at radius 2 is 1.79 bits per heavy atom. The van der Waals surface area contributed by atoms with Crippen LogP contribution in [0.1, 0.15) is 25.8 Å². The zero-order valence-electron chi connectivity index (χ0n) is 11.6. The third-order valence-corrected chi connectivity index (χ3v) is 5.85. The van der Waals surface area contributed by atoms with Crippen LogP contribution in [0.15, 0.2) is 23.1 Å². The van der Waals surface area contributed by atoms with E-state index < -0.39 is 10.0 Å².